The Bertz CT molecular complexity index is 564. The first-order valence-corrected chi connectivity index (χ1v) is 6.55. The molecule has 0 aliphatic carbocycles. The van der Waals surface area contributed by atoms with E-state index in [4.69, 9.17) is 11.6 Å². The van der Waals surface area contributed by atoms with Crippen LogP contribution in [-0.2, 0) is 19.9 Å². The number of nitrogens with zero attached hydrogens (tertiary/aromatic N) is 2. The number of rotatable bonds is 2. The van der Waals surface area contributed by atoms with Gasteiger partial charge in [-0.25, -0.2) is 0 Å². The van der Waals surface area contributed by atoms with Crippen molar-refractivity contribution in [2.75, 3.05) is 5.32 Å². The maximum atomic E-state index is 6.28. The second kappa shape index (κ2) is 4.32. The summed E-state index contributed by atoms with van der Waals surface area (Å²) in [5.74, 6) is 0. The van der Waals surface area contributed by atoms with Gasteiger partial charge in [-0.1, -0.05) is 29.8 Å². The number of aromatic nitrogens is 2. The Hall–Kier alpha value is -1.48. The van der Waals surface area contributed by atoms with Crippen molar-refractivity contribution in [3.05, 3.63) is 46.2 Å². The first-order valence-electron chi connectivity index (χ1n) is 6.17. The lowest BCUT2D eigenvalue weighted by Gasteiger charge is -2.10. The smallest absolute Gasteiger partial charge is 0.130 e. The normalized spacial score (nSPS) is 17.6. The first-order chi connectivity index (χ1) is 8.65. The van der Waals surface area contributed by atoms with Gasteiger partial charge in [-0.05, 0) is 31.4 Å². The molecular formula is C14H16ClN3. The van der Waals surface area contributed by atoms with E-state index < -0.39 is 0 Å². The molecule has 0 amide bonds. The van der Waals surface area contributed by atoms with Crippen LogP contribution in [0.5, 0.6) is 0 Å². The zero-order valence-electron chi connectivity index (χ0n) is 10.6. The topological polar surface area (TPSA) is 29.9 Å². The zero-order valence-corrected chi connectivity index (χ0v) is 11.3. The summed E-state index contributed by atoms with van der Waals surface area (Å²) < 4.78 is 1.74. The Morgan fingerprint density at radius 3 is 2.89 bits per heavy atom. The summed E-state index contributed by atoms with van der Waals surface area (Å²) >= 11 is 6.28. The van der Waals surface area contributed by atoms with Crippen LogP contribution < -0.4 is 5.32 Å². The van der Waals surface area contributed by atoms with Crippen LogP contribution >= 0.6 is 11.6 Å². The fourth-order valence-corrected chi connectivity index (χ4v) is 2.90. The van der Waals surface area contributed by atoms with Crippen LogP contribution in [0.15, 0.2) is 24.3 Å². The van der Waals surface area contributed by atoms with E-state index in [9.17, 15) is 0 Å². The van der Waals surface area contributed by atoms with Gasteiger partial charge in [-0.15, -0.1) is 0 Å². The van der Waals surface area contributed by atoms with Crippen molar-refractivity contribution in [1.82, 2.24) is 9.78 Å². The lowest BCUT2D eigenvalue weighted by Crippen LogP contribution is -2.18. The van der Waals surface area contributed by atoms with Crippen LogP contribution in [-0.4, -0.2) is 15.8 Å². The lowest BCUT2D eigenvalue weighted by molar-refractivity contribution is 0.741. The van der Waals surface area contributed by atoms with Crippen molar-refractivity contribution in [2.45, 2.75) is 25.8 Å². The molecule has 1 aliphatic rings. The molecule has 0 bridgehead atoms. The Morgan fingerprint density at radius 1 is 1.44 bits per heavy atom. The number of aryl methyl sites for hydroxylation is 2. The van der Waals surface area contributed by atoms with E-state index in [1.165, 1.54) is 11.3 Å². The first kappa shape index (κ1) is 11.6. The minimum absolute atomic E-state index is 0.419. The Kier molecular flexibility index (Phi) is 2.78. The molecule has 1 N–H and O–H groups in total. The maximum Gasteiger partial charge on any atom is 0.130 e. The van der Waals surface area contributed by atoms with Crippen LogP contribution in [0, 0.1) is 6.92 Å². The fraction of sp³-hybridized carbons (Fsp3) is 0.357. The van der Waals surface area contributed by atoms with Gasteiger partial charge in [-0.3, -0.25) is 4.68 Å². The van der Waals surface area contributed by atoms with Gasteiger partial charge in [0.05, 0.1) is 5.69 Å². The minimum Gasteiger partial charge on any atom is -0.381 e. The van der Waals surface area contributed by atoms with Gasteiger partial charge < -0.3 is 5.32 Å². The Labute approximate surface area is 112 Å². The second-order valence-corrected chi connectivity index (χ2v) is 5.24. The van der Waals surface area contributed by atoms with E-state index in [1.807, 2.05) is 14.0 Å². The lowest BCUT2D eigenvalue weighted by atomic mass is 10.0. The fourth-order valence-electron chi connectivity index (χ4n) is 2.65. The van der Waals surface area contributed by atoms with Gasteiger partial charge >= 0.3 is 0 Å². The SMILES string of the molecule is Cc1nn(C)c(Cl)c1CC1Cc2ccccc2N1. The molecule has 1 aliphatic heterocycles. The number of anilines is 1. The summed E-state index contributed by atoms with van der Waals surface area (Å²) in [6, 6.07) is 8.89. The second-order valence-electron chi connectivity index (χ2n) is 4.89. The molecule has 1 atom stereocenters. The van der Waals surface area contributed by atoms with Crippen molar-refractivity contribution >= 4 is 17.3 Å². The van der Waals surface area contributed by atoms with E-state index in [0.29, 0.717) is 6.04 Å². The summed E-state index contributed by atoms with van der Waals surface area (Å²) in [5.41, 5.74) is 4.82. The van der Waals surface area contributed by atoms with Gasteiger partial charge in [0.15, 0.2) is 0 Å². The highest BCUT2D eigenvalue weighted by Crippen LogP contribution is 2.29. The van der Waals surface area contributed by atoms with Gasteiger partial charge in [0, 0.05) is 24.3 Å². The predicted octanol–water partition coefficient (Wildman–Crippen LogP) is 2.96. The molecule has 0 fully saturated rings. The van der Waals surface area contributed by atoms with Crippen molar-refractivity contribution in [1.29, 1.82) is 0 Å². The van der Waals surface area contributed by atoms with E-state index in [1.54, 1.807) is 4.68 Å². The van der Waals surface area contributed by atoms with Crippen molar-refractivity contribution in [2.24, 2.45) is 7.05 Å². The molecule has 0 saturated carbocycles. The summed E-state index contributed by atoms with van der Waals surface area (Å²) in [4.78, 5) is 0. The molecule has 4 heteroatoms. The van der Waals surface area contributed by atoms with E-state index in [2.05, 4.69) is 34.7 Å². The third-order valence-corrected chi connectivity index (χ3v) is 4.04. The minimum atomic E-state index is 0.419. The van der Waals surface area contributed by atoms with Crippen LogP contribution in [0.1, 0.15) is 16.8 Å². The summed E-state index contributed by atoms with van der Waals surface area (Å²) in [6.07, 6.45) is 1.98. The molecule has 3 rings (SSSR count). The molecule has 2 heterocycles. The largest absolute Gasteiger partial charge is 0.381 e. The molecule has 1 aromatic carbocycles. The van der Waals surface area contributed by atoms with E-state index in [-0.39, 0.29) is 0 Å². The van der Waals surface area contributed by atoms with Gasteiger partial charge in [0.1, 0.15) is 5.15 Å². The molecule has 0 spiro atoms. The van der Waals surface area contributed by atoms with E-state index >= 15 is 0 Å². The molecule has 2 aromatic rings. The monoisotopic (exact) mass is 261 g/mol. The van der Waals surface area contributed by atoms with Crippen molar-refractivity contribution in [3.8, 4) is 0 Å². The van der Waals surface area contributed by atoms with Crippen LogP contribution in [0.3, 0.4) is 0 Å². The maximum absolute atomic E-state index is 6.28. The molecule has 94 valence electrons. The Balaban J connectivity index is 1.80. The molecule has 3 nitrogen and oxygen atoms in total. The van der Waals surface area contributed by atoms with Crippen LogP contribution in [0.4, 0.5) is 5.69 Å². The number of hydrogen-bond donors (Lipinski definition) is 1. The average molecular weight is 262 g/mol. The van der Waals surface area contributed by atoms with Crippen molar-refractivity contribution in [3.63, 3.8) is 0 Å². The molecule has 18 heavy (non-hydrogen) atoms. The summed E-state index contributed by atoms with van der Waals surface area (Å²) in [6.45, 7) is 2.02. The van der Waals surface area contributed by atoms with Crippen LogP contribution in [0.2, 0.25) is 5.15 Å². The molecule has 0 radical (unpaired) electrons. The highest BCUT2D eigenvalue weighted by atomic mass is 35.5. The molecule has 1 aromatic heterocycles. The molecule has 0 saturated heterocycles. The number of fused-ring (bicyclic) bond motifs is 1. The third kappa shape index (κ3) is 1.89. The van der Waals surface area contributed by atoms with Crippen LogP contribution in [0.25, 0.3) is 0 Å². The molecule has 1 unspecified atom stereocenters. The third-order valence-electron chi connectivity index (χ3n) is 3.56. The van der Waals surface area contributed by atoms with Gasteiger partial charge in [0.2, 0.25) is 0 Å². The number of nitrogens with one attached hydrogen (secondary N) is 1. The van der Waals surface area contributed by atoms with Gasteiger partial charge in [-0.2, -0.15) is 5.10 Å². The number of halogens is 1. The average Bonchev–Trinajstić information content (AvgIpc) is 2.86. The van der Waals surface area contributed by atoms with Crippen molar-refractivity contribution < 1.29 is 0 Å². The van der Waals surface area contributed by atoms with E-state index in [0.717, 1.165) is 29.3 Å². The predicted molar refractivity (Wildman–Crippen MR) is 74.2 cm³/mol. The Morgan fingerprint density at radius 2 is 2.22 bits per heavy atom. The highest BCUT2D eigenvalue weighted by molar-refractivity contribution is 6.30. The summed E-state index contributed by atoms with van der Waals surface area (Å²) in [7, 11) is 1.88. The molecular weight excluding hydrogens is 246 g/mol. The quantitative estimate of drug-likeness (QED) is 0.901. The summed E-state index contributed by atoms with van der Waals surface area (Å²) in [5, 5.41) is 8.66. The zero-order chi connectivity index (χ0) is 12.7. The number of para-hydroxylation sites is 1. The van der Waals surface area contributed by atoms with Gasteiger partial charge in [0.25, 0.3) is 0 Å². The standard InChI is InChI=1S/C14H16ClN3/c1-9-12(14(15)18(2)17-9)8-11-7-10-5-3-4-6-13(10)16-11/h3-6,11,16H,7-8H2,1-2H3. The number of hydrogen-bond acceptors (Lipinski definition) is 2. The highest BCUT2D eigenvalue weighted by Gasteiger charge is 2.23. The number of benzene rings is 1.